The first-order valence-corrected chi connectivity index (χ1v) is 11.0. The number of hydrogen-bond donors (Lipinski definition) is 2. The molecule has 1 amide bonds. The number of alkyl halides is 3. The second-order valence-corrected chi connectivity index (χ2v) is 8.33. The van der Waals surface area contributed by atoms with Gasteiger partial charge < -0.3 is 20.1 Å². The molecule has 3 atom stereocenters. The predicted octanol–water partition coefficient (Wildman–Crippen LogP) is 4.82. The van der Waals surface area contributed by atoms with Gasteiger partial charge in [-0.15, -0.1) is 13.2 Å². The maximum atomic E-state index is 13.5. The molecule has 0 unspecified atom stereocenters. The summed E-state index contributed by atoms with van der Waals surface area (Å²) in [6.45, 7) is 0.960. The number of aliphatic hydroxyl groups excluding tert-OH is 1. The third-order valence-corrected chi connectivity index (χ3v) is 6.33. The second-order valence-electron chi connectivity index (χ2n) is 8.33. The van der Waals surface area contributed by atoms with Crippen molar-refractivity contribution in [2.24, 2.45) is 5.92 Å². The highest BCUT2D eigenvalue weighted by Gasteiger charge is 2.45. The van der Waals surface area contributed by atoms with E-state index in [1.807, 2.05) is 29.2 Å². The van der Waals surface area contributed by atoms with Crippen LogP contribution in [0.15, 0.2) is 48.5 Å². The van der Waals surface area contributed by atoms with Crippen molar-refractivity contribution in [3.05, 3.63) is 59.7 Å². The van der Waals surface area contributed by atoms with Gasteiger partial charge in [0.05, 0.1) is 0 Å². The Bertz CT molecular complexity index is 933. The molecule has 1 saturated carbocycles. The van der Waals surface area contributed by atoms with Gasteiger partial charge >= 0.3 is 6.36 Å². The summed E-state index contributed by atoms with van der Waals surface area (Å²) in [6.07, 6.45) is -0.253. The van der Waals surface area contributed by atoms with E-state index in [-0.39, 0.29) is 36.3 Å². The third kappa shape index (κ3) is 4.76. The predicted molar refractivity (Wildman–Crippen MR) is 115 cm³/mol. The van der Waals surface area contributed by atoms with Gasteiger partial charge in [0.15, 0.2) is 0 Å². The van der Waals surface area contributed by atoms with Gasteiger partial charge in [-0.1, -0.05) is 24.6 Å². The zero-order valence-electron chi connectivity index (χ0n) is 17.6. The number of anilines is 1. The van der Waals surface area contributed by atoms with E-state index in [1.54, 1.807) is 0 Å². The smallest absolute Gasteiger partial charge is 0.406 e. The van der Waals surface area contributed by atoms with E-state index < -0.39 is 6.36 Å². The quantitative estimate of drug-likeness (QED) is 0.597. The van der Waals surface area contributed by atoms with E-state index in [4.69, 9.17) is 5.11 Å². The minimum Gasteiger partial charge on any atom is -0.406 e. The van der Waals surface area contributed by atoms with Crippen molar-refractivity contribution in [2.45, 2.75) is 50.6 Å². The molecule has 1 aliphatic heterocycles. The highest BCUT2D eigenvalue weighted by atomic mass is 19.4. The Morgan fingerprint density at radius 3 is 2.56 bits per heavy atom. The number of para-hydroxylation sites is 1. The van der Waals surface area contributed by atoms with Crippen molar-refractivity contribution in [2.75, 3.05) is 18.1 Å². The molecule has 0 radical (unpaired) electrons. The van der Waals surface area contributed by atoms with Crippen LogP contribution in [0.3, 0.4) is 0 Å². The van der Waals surface area contributed by atoms with E-state index in [0.29, 0.717) is 5.56 Å². The second kappa shape index (κ2) is 9.50. The van der Waals surface area contributed by atoms with Crippen LogP contribution < -0.4 is 15.0 Å². The molecule has 2 aromatic rings. The van der Waals surface area contributed by atoms with E-state index in [2.05, 4.69) is 10.1 Å². The van der Waals surface area contributed by atoms with Gasteiger partial charge in [-0.05, 0) is 74.0 Å². The fraction of sp³-hybridized carbons (Fsp3) is 0.458. The fourth-order valence-electron chi connectivity index (χ4n) is 5.01. The minimum atomic E-state index is -4.77. The van der Waals surface area contributed by atoms with Crippen molar-refractivity contribution in [1.29, 1.82) is 0 Å². The SMILES string of the molecule is O=C(c1ccc(OC(F)(F)F)cc1)N1c2ccccc2[C@H](NCCCCO)[C@H]2CCC[C@H]21. The largest absolute Gasteiger partial charge is 0.573 e. The molecule has 2 aromatic carbocycles. The monoisotopic (exact) mass is 448 g/mol. The van der Waals surface area contributed by atoms with Crippen LogP contribution in [0.1, 0.15) is 54.1 Å². The van der Waals surface area contributed by atoms with Gasteiger partial charge in [0.1, 0.15) is 5.75 Å². The summed E-state index contributed by atoms with van der Waals surface area (Å²) in [7, 11) is 0. The summed E-state index contributed by atoms with van der Waals surface area (Å²) in [4.78, 5) is 15.4. The molecule has 0 saturated heterocycles. The highest BCUT2D eigenvalue weighted by molar-refractivity contribution is 6.07. The van der Waals surface area contributed by atoms with Gasteiger partial charge in [-0.25, -0.2) is 0 Å². The first-order valence-electron chi connectivity index (χ1n) is 11.0. The number of rotatable bonds is 7. The van der Waals surface area contributed by atoms with Crippen LogP contribution in [0, 0.1) is 5.92 Å². The molecule has 0 spiro atoms. The molecule has 4 rings (SSSR count). The lowest BCUT2D eigenvalue weighted by Gasteiger charge is -2.44. The number of benzene rings is 2. The third-order valence-electron chi connectivity index (χ3n) is 6.33. The molecule has 2 aliphatic rings. The van der Waals surface area contributed by atoms with Crippen molar-refractivity contribution < 1.29 is 27.8 Å². The number of unbranched alkanes of at least 4 members (excludes halogenated alkanes) is 1. The summed E-state index contributed by atoms with van der Waals surface area (Å²) in [6, 6.07) is 13.1. The average Bonchev–Trinajstić information content (AvgIpc) is 3.24. The van der Waals surface area contributed by atoms with Crippen LogP contribution >= 0.6 is 0 Å². The number of ether oxygens (including phenoxy) is 1. The van der Waals surface area contributed by atoms with E-state index >= 15 is 0 Å². The number of hydrogen-bond acceptors (Lipinski definition) is 4. The van der Waals surface area contributed by atoms with Crippen molar-refractivity contribution in [3.8, 4) is 5.75 Å². The molecule has 32 heavy (non-hydrogen) atoms. The molecule has 8 heteroatoms. The lowest BCUT2D eigenvalue weighted by Crippen LogP contribution is -2.50. The van der Waals surface area contributed by atoms with E-state index in [9.17, 15) is 18.0 Å². The van der Waals surface area contributed by atoms with Crippen LogP contribution in [0.4, 0.5) is 18.9 Å². The summed E-state index contributed by atoms with van der Waals surface area (Å²) >= 11 is 0. The van der Waals surface area contributed by atoms with Crippen LogP contribution in [0.25, 0.3) is 0 Å². The van der Waals surface area contributed by atoms with Gasteiger partial charge in [-0.3, -0.25) is 4.79 Å². The van der Waals surface area contributed by atoms with E-state index in [1.165, 1.54) is 24.3 Å². The standard InChI is InChI=1S/C24H27F3N2O3/c25-24(26,27)32-17-12-10-16(11-13-17)23(31)29-20-8-2-1-6-18(20)22(28-14-3-4-15-30)19-7-5-9-21(19)29/h1-2,6,8,10-13,19,21-22,28,30H,3-5,7,9,14-15H2/t19-,21+,22-/m0/s1. The number of nitrogens with one attached hydrogen (secondary N) is 1. The number of halogens is 3. The van der Waals surface area contributed by atoms with Gasteiger partial charge in [-0.2, -0.15) is 0 Å². The molecule has 1 aliphatic carbocycles. The maximum Gasteiger partial charge on any atom is 0.573 e. The van der Waals surface area contributed by atoms with Gasteiger partial charge in [0.2, 0.25) is 0 Å². The Kier molecular flexibility index (Phi) is 6.71. The highest BCUT2D eigenvalue weighted by Crippen LogP contribution is 2.48. The van der Waals surface area contributed by atoms with Crippen LogP contribution in [-0.2, 0) is 0 Å². The number of aliphatic hydroxyl groups is 1. The normalized spacial score (nSPS) is 22.4. The summed E-state index contributed by atoms with van der Waals surface area (Å²) < 4.78 is 41.3. The van der Waals surface area contributed by atoms with E-state index in [0.717, 1.165) is 49.9 Å². The average molecular weight is 448 g/mol. The molecule has 1 heterocycles. The first kappa shape index (κ1) is 22.6. The van der Waals surface area contributed by atoms with Gasteiger partial charge in [0, 0.05) is 29.9 Å². The molecule has 5 nitrogen and oxygen atoms in total. The van der Waals surface area contributed by atoms with Crippen LogP contribution in [-0.4, -0.2) is 36.6 Å². The Labute approximate surface area is 185 Å². The van der Waals surface area contributed by atoms with Crippen LogP contribution in [0.2, 0.25) is 0 Å². The van der Waals surface area contributed by atoms with Gasteiger partial charge in [0.25, 0.3) is 5.91 Å². The molecule has 172 valence electrons. The zero-order chi connectivity index (χ0) is 22.7. The zero-order valence-corrected chi connectivity index (χ0v) is 17.6. The first-order chi connectivity index (χ1) is 15.4. The molecule has 0 aromatic heterocycles. The Morgan fingerprint density at radius 2 is 1.84 bits per heavy atom. The lowest BCUT2D eigenvalue weighted by atomic mass is 9.82. The Balaban J connectivity index is 1.61. The van der Waals surface area contributed by atoms with Crippen molar-refractivity contribution in [3.63, 3.8) is 0 Å². The molecular formula is C24H27F3N2O3. The Morgan fingerprint density at radius 1 is 1.09 bits per heavy atom. The number of amides is 1. The Hall–Kier alpha value is -2.58. The molecular weight excluding hydrogens is 421 g/mol. The summed E-state index contributed by atoms with van der Waals surface area (Å²) in [5.41, 5.74) is 2.23. The minimum absolute atomic E-state index is 0.0267. The van der Waals surface area contributed by atoms with Crippen molar-refractivity contribution >= 4 is 11.6 Å². The number of fused-ring (bicyclic) bond motifs is 2. The lowest BCUT2D eigenvalue weighted by molar-refractivity contribution is -0.274. The maximum absolute atomic E-state index is 13.5. The number of carbonyl (C=O) groups is 1. The summed E-state index contributed by atoms with van der Waals surface area (Å²) in [5, 5.41) is 12.7. The fourth-order valence-corrected chi connectivity index (χ4v) is 5.01. The number of carbonyl (C=O) groups excluding carboxylic acids is 1. The topological polar surface area (TPSA) is 61.8 Å². The molecule has 1 fully saturated rings. The number of nitrogens with zero attached hydrogens (tertiary/aromatic N) is 1. The van der Waals surface area contributed by atoms with Crippen LogP contribution in [0.5, 0.6) is 5.75 Å². The van der Waals surface area contributed by atoms with Crippen molar-refractivity contribution in [1.82, 2.24) is 5.32 Å². The molecule has 0 bridgehead atoms. The summed E-state index contributed by atoms with van der Waals surface area (Å²) in [5.74, 6) is -0.304. The molecule has 2 N–H and O–H groups in total.